The molecular formula is C55H44F2N14S2. The third-order valence-electron chi connectivity index (χ3n) is 14.4. The smallest absolute Gasteiger partial charge is 0.181 e. The van der Waals surface area contributed by atoms with Gasteiger partial charge in [-0.15, -0.1) is 22.7 Å². The zero-order chi connectivity index (χ0) is 48.6. The van der Waals surface area contributed by atoms with Gasteiger partial charge in [-0.1, -0.05) is 24.3 Å². The quantitative estimate of drug-likeness (QED) is 0.0977. The summed E-state index contributed by atoms with van der Waals surface area (Å²) in [6.45, 7) is 5.61. The van der Waals surface area contributed by atoms with Crippen molar-refractivity contribution in [2.24, 2.45) is 0 Å². The van der Waals surface area contributed by atoms with E-state index in [2.05, 4.69) is 81.5 Å². The molecule has 1 atom stereocenters. The second-order valence-electron chi connectivity index (χ2n) is 19.1. The largest absolute Gasteiger partial charge is 0.337 e. The zero-order valence-corrected chi connectivity index (χ0v) is 40.8. The van der Waals surface area contributed by atoms with Gasteiger partial charge < -0.3 is 9.97 Å². The number of nitrogens with one attached hydrogen (secondary N) is 4. The Morgan fingerprint density at radius 1 is 0.575 bits per heavy atom. The molecule has 4 N–H and O–H groups in total. The number of imidazole rings is 2. The van der Waals surface area contributed by atoms with Crippen LogP contribution >= 0.6 is 22.7 Å². The molecular weight excluding hydrogens is 959 g/mol. The van der Waals surface area contributed by atoms with E-state index in [-0.39, 0.29) is 16.2 Å². The third-order valence-corrected chi connectivity index (χ3v) is 16.2. The summed E-state index contributed by atoms with van der Waals surface area (Å²) in [5.41, 5.74) is 14.9. The van der Waals surface area contributed by atoms with Crippen LogP contribution in [0, 0.1) is 10.3 Å². The standard InChI is InChI=1S/C55H44F2N14S2/c56-45-12-10-43(72-45)38-6-3-7-42-47(38)63-54(62-42)50-40-19-35(25-60-52(40)68-66-50)34-18-31(22-59-24-34)28-71-16-4-5-32(29-71)37-8-9-39(44-11-13-46(57)73-44)49-48(37)64-55(65-49)51-41-20-36(26-61-53(41)69-67-51)33-17-30(21-58-23-33)27-70-14-1-2-15-70/h3,6-13,17-26,32H,1-2,4-5,14-16,27-29H2,(H,62,63)(H,64,65)(H,60,66,68)(H,61,67,69). The van der Waals surface area contributed by atoms with Gasteiger partial charge in [0.25, 0.3) is 0 Å². The van der Waals surface area contributed by atoms with Gasteiger partial charge in [-0.25, -0.2) is 19.9 Å². The number of hydrogen-bond acceptors (Lipinski definition) is 12. The van der Waals surface area contributed by atoms with Crippen LogP contribution in [0.4, 0.5) is 8.78 Å². The number of aromatic amines is 4. The van der Waals surface area contributed by atoms with Gasteiger partial charge >= 0.3 is 0 Å². The van der Waals surface area contributed by atoms with Gasteiger partial charge in [0, 0.05) is 100.0 Å². The molecule has 0 amide bonds. The first-order valence-electron chi connectivity index (χ1n) is 24.5. The second-order valence-corrected chi connectivity index (χ2v) is 21.2. The van der Waals surface area contributed by atoms with Crippen LogP contribution in [0.5, 0.6) is 0 Å². The summed E-state index contributed by atoms with van der Waals surface area (Å²) in [6, 6.07) is 25.4. The third kappa shape index (κ3) is 8.16. The Hall–Kier alpha value is -7.90. The lowest BCUT2D eigenvalue weighted by Crippen LogP contribution is -2.34. The number of benzene rings is 2. The van der Waals surface area contributed by atoms with Crippen molar-refractivity contribution in [3.8, 4) is 66.2 Å². The fourth-order valence-corrected chi connectivity index (χ4v) is 12.4. The predicted molar refractivity (Wildman–Crippen MR) is 283 cm³/mol. The molecule has 18 heteroatoms. The van der Waals surface area contributed by atoms with Crippen molar-refractivity contribution < 1.29 is 8.78 Å². The average Bonchev–Trinajstić information content (AvgIpc) is 4.29. The highest BCUT2D eigenvalue weighted by atomic mass is 32.1. The van der Waals surface area contributed by atoms with Crippen LogP contribution in [0.15, 0.2) is 116 Å². The normalized spacial score (nSPS) is 15.8. The maximum atomic E-state index is 14.6. The highest BCUT2D eigenvalue weighted by molar-refractivity contribution is 7.14. The van der Waals surface area contributed by atoms with Gasteiger partial charge in [0.05, 0.1) is 32.8 Å². The highest BCUT2D eigenvalue weighted by Crippen LogP contribution is 2.41. The van der Waals surface area contributed by atoms with Crippen molar-refractivity contribution >= 4 is 66.8 Å². The Bertz CT molecular complexity index is 4050. The van der Waals surface area contributed by atoms with Crippen molar-refractivity contribution in [1.29, 1.82) is 0 Å². The highest BCUT2D eigenvalue weighted by Gasteiger charge is 2.27. The Morgan fingerprint density at radius 3 is 1.84 bits per heavy atom. The second kappa shape index (κ2) is 18.0. The topological polar surface area (TPSA) is 173 Å². The van der Waals surface area contributed by atoms with Crippen molar-refractivity contribution in [2.45, 2.75) is 44.7 Å². The summed E-state index contributed by atoms with van der Waals surface area (Å²) in [4.78, 5) is 42.9. The Labute approximate surface area is 423 Å². The van der Waals surface area contributed by atoms with Gasteiger partial charge in [-0.2, -0.15) is 19.0 Å². The molecule has 10 aromatic heterocycles. The van der Waals surface area contributed by atoms with Gasteiger partial charge in [-0.05, 0) is 123 Å². The summed E-state index contributed by atoms with van der Waals surface area (Å²) < 4.78 is 28.6. The molecule has 2 aliphatic rings. The molecule has 73 heavy (non-hydrogen) atoms. The molecule has 2 saturated heterocycles. The molecule has 0 saturated carbocycles. The van der Waals surface area contributed by atoms with E-state index in [9.17, 15) is 8.78 Å². The zero-order valence-electron chi connectivity index (χ0n) is 39.2. The number of pyridine rings is 4. The molecule has 0 aliphatic carbocycles. The Kier molecular flexibility index (Phi) is 10.8. The first-order valence-corrected chi connectivity index (χ1v) is 26.1. The number of fused-ring (bicyclic) bond motifs is 4. The van der Waals surface area contributed by atoms with Crippen LogP contribution in [-0.4, -0.2) is 96.2 Å². The molecule has 2 fully saturated rings. The monoisotopic (exact) mass is 1000 g/mol. The van der Waals surface area contributed by atoms with E-state index in [4.69, 9.17) is 24.9 Å². The molecule has 2 aromatic carbocycles. The number of hydrogen-bond donors (Lipinski definition) is 4. The SMILES string of the molecule is Fc1ccc(-c2cccc3[nH]c(-c4[nH]nc5ncc(-c6cncc(CN7CCCC(c8ccc(-c9ccc(F)s9)c9[nH]c(-c%10[nH]nc%11ncc(-c%12cncc(CN%13CCCC%13)c%12)cc%10%11)nc89)C7)c6)cc45)nc23)s1. The number of para-hydroxylation sites is 1. The predicted octanol–water partition coefficient (Wildman–Crippen LogP) is 12.2. The minimum atomic E-state index is -0.238. The summed E-state index contributed by atoms with van der Waals surface area (Å²) in [7, 11) is 0. The van der Waals surface area contributed by atoms with E-state index < -0.39 is 0 Å². The van der Waals surface area contributed by atoms with Crippen LogP contribution in [0.25, 0.3) is 110 Å². The maximum absolute atomic E-state index is 14.6. The van der Waals surface area contributed by atoms with E-state index in [1.807, 2.05) is 61.4 Å². The Morgan fingerprint density at radius 2 is 1.18 bits per heavy atom. The fourth-order valence-electron chi connectivity index (χ4n) is 10.9. The van der Waals surface area contributed by atoms with Gasteiger partial charge in [0.1, 0.15) is 11.4 Å². The summed E-state index contributed by atoms with van der Waals surface area (Å²) in [5.74, 6) is 1.46. The number of aromatic nitrogens is 12. The molecule has 14 rings (SSSR count). The van der Waals surface area contributed by atoms with Crippen LogP contribution < -0.4 is 0 Å². The number of likely N-dealkylation sites (tertiary alicyclic amines) is 2. The lowest BCUT2D eigenvalue weighted by molar-refractivity contribution is 0.200. The van der Waals surface area contributed by atoms with E-state index in [0.29, 0.717) is 35.2 Å². The van der Waals surface area contributed by atoms with Crippen LogP contribution in [0.1, 0.15) is 48.3 Å². The first-order chi connectivity index (χ1) is 35.9. The molecule has 12 heterocycles. The minimum Gasteiger partial charge on any atom is -0.337 e. The van der Waals surface area contributed by atoms with Crippen molar-refractivity contribution in [1.82, 2.24) is 70.1 Å². The fraction of sp³-hybridized carbons (Fsp3) is 0.200. The number of halogens is 2. The lowest BCUT2D eigenvalue weighted by atomic mass is 9.88. The molecule has 14 nitrogen and oxygen atoms in total. The number of piperidine rings is 1. The van der Waals surface area contributed by atoms with E-state index in [0.717, 1.165) is 161 Å². The summed E-state index contributed by atoms with van der Waals surface area (Å²) in [6.07, 6.45) is 15.8. The average molecular weight is 1000 g/mol. The van der Waals surface area contributed by atoms with Crippen molar-refractivity contribution in [2.75, 3.05) is 26.2 Å². The number of thiophene rings is 2. The summed E-state index contributed by atoms with van der Waals surface area (Å²) >= 11 is 2.23. The molecule has 0 spiro atoms. The molecule has 1 unspecified atom stereocenters. The molecule has 2 aliphatic heterocycles. The number of nitrogens with zero attached hydrogens (tertiary/aromatic N) is 10. The van der Waals surface area contributed by atoms with Crippen LogP contribution in [0.2, 0.25) is 0 Å². The van der Waals surface area contributed by atoms with E-state index in [1.54, 1.807) is 6.07 Å². The van der Waals surface area contributed by atoms with E-state index >= 15 is 0 Å². The van der Waals surface area contributed by atoms with Crippen molar-refractivity contribution in [3.63, 3.8) is 0 Å². The molecule has 12 aromatic rings. The van der Waals surface area contributed by atoms with Crippen LogP contribution in [-0.2, 0) is 13.1 Å². The Balaban J connectivity index is 0.748. The first kappa shape index (κ1) is 43.9. The minimum absolute atomic E-state index is 0.191. The number of rotatable bonds is 11. The van der Waals surface area contributed by atoms with Crippen molar-refractivity contribution in [3.05, 3.63) is 143 Å². The van der Waals surface area contributed by atoms with Crippen LogP contribution in [0.3, 0.4) is 0 Å². The van der Waals surface area contributed by atoms with E-state index in [1.165, 1.54) is 30.5 Å². The summed E-state index contributed by atoms with van der Waals surface area (Å²) in [5, 5.41) is 16.7. The van der Waals surface area contributed by atoms with Gasteiger partial charge in [-0.3, -0.25) is 30.0 Å². The molecule has 360 valence electrons. The lowest BCUT2D eigenvalue weighted by Gasteiger charge is -2.33. The number of H-pyrrole nitrogens is 4. The van der Waals surface area contributed by atoms with Gasteiger partial charge in [0.15, 0.2) is 33.2 Å². The molecule has 0 bridgehead atoms. The maximum Gasteiger partial charge on any atom is 0.181 e. The van der Waals surface area contributed by atoms with Gasteiger partial charge in [0.2, 0.25) is 0 Å². The molecule has 0 radical (unpaired) electrons.